The molecule has 4 nitrogen and oxygen atoms in total. The molecule has 3 rings (SSSR count). The molecule has 5 heteroatoms. The van der Waals surface area contributed by atoms with E-state index in [0.29, 0.717) is 27.9 Å². The minimum absolute atomic E-state index is 0.318. The number of para-hydroxylation sites is 1. The number of nitrogens with two attached hydrogens (primary N) is 1. The minimum Gasteiger partial charge on any atom is -0.496 e. The normalized spacial score (nSPS) is 10.6. The van der Waals surface area contributed by atoms with E-state index in [1.165, 1.54) is 0 Å². The summed E-state index contributed by atoms with van der Waals surface area (Å²) >= 11 is 6.05. The molecule has 0 saturated heterocycles. The summed E-state index contributed by atoms with van der Waals surface area (Å²) in [6.07, 6.45) is 0. The van der Waals surface area contributed by atoms with Crippen molar-refractivity contribution < 1.29 is 9.26 Å². The molecule has 1 heterocycles. The second-order valence-corrected chi connectivity index (χ2v) is 4.92. The summed E-state index contributed by atoms with van der Waals surface area (Å²) in [6, 6.07) is 14.9. The van der Waals surface area contributed by atoms with Crippen LogP contribution in [0.5, 0.6) is 5.75 Å². The van der Waals surface area contributed by atoms with Gasteiger partial charge in [-0.25, -0.2) is 0 Å². The van der Waals surface area contributed by atoms with Crippen LogP contribution < -0.4 is 10.5 Å². The van der Waals surface area contributed by atoms with Gasteiger partial charge in [0.2, 0.25) is 0 Å². The lowest BCUT2D eigenvalue weighted by atomic mass is 10.0. The zero-order chi connectivity index (χ0) is 14.8. The first-order valence-corrected chi connectivity index (χ1v) is 6.73. The Balaban J connectivity index is 2.22. The highest BCUT2D eigenvalue weighted by molar-refractivity contribution is 6.30. The molecule has 1 aromatic heterocycles. The highest BCUT2D eigenvalue weighted by atomic mass is 35.5. The molecule has 21 heavy (non-hydrogen) atoms. The van der Waals surface area contributed by atoms with E-state index in [9.17, 15) is 0 Å². The molecule has 0 unspecified atom stereocenters. The van der Waals surface area contributed by atoms with Gasteiger partial charge in [0, 0.05) is 5.02 Å². The number of hydrogen-bond acceptors (Lipinski definition) is 4. The average molecular weight is 301 g/mol. The maximum Gasteiger partial charge on any atom is 0.180 e. The van der Waals surface area contributed by atoms with Crippen molar-refractivity contribution in [1.29, 1.82) is 0 Å². The maximum atomic E-state index is 6.05. The molecule has 0 atom stereocenters. The van der Waals surface area contributed by atoms with Gasteiger partial charge in [-0.3, -0.25) is 0 Å². The van der Waals surface area contributed by atoms with Crippen LogP contribution in [0.1, 0.15) is 0 Å². The van der Waals surface area contributed by atoms with Gasteiger partial charge < -0.3 is 15.0 Å². The van der Waals surface area contributed by atoms with Gasteiger partial charge in [0.05, 0.1) is 18.2 Å². The first-order chi connectivity index (χ1) is 10.2. The van der Waals surface area contributed by atoms with Crippen molar-refractivity contribution in [2.75, 3.05) is 12.8 Å². The first kappa shape index (κ1) is 13.5. The lowest BCUT2D eigenvalue weighted by Gasteiger charge is -2.07. The van der Waals surface area contributed by atoms with Gasteiger partial charge in [0.1, 0.15) is 5.75 Å². The van der Waals surface area contributed by atoms with E-state index in [1.54, 1.807) is 13.2 Å². The van der Waals surface area contributed by atoms with E-state index >= 15 is 0 Å². The minimum atomic E-state index is 0.318. The number of methoxy groups -OCH3 is 1. The molecular weight excluding hydrogens is 288 g/mol. The Morgan fingerprint density at radius 2 is 1.95 bits per heavy atom. The zero-order valence-corrected chi connectivity index (χ0v) is 12.1. The van der Waals surface area contributed by atoms with Crippen LogP contribution in [0.4, 0.5) is 5.82 Å². The summed E-state index contributed by atoms with van der Waals surface area (Å²) < 4.78 is 10.8. The number of nitrogen functional groups attached to an aromatic ring is 1. The number of hydrogen-bond donors (Lipinski definition) is 1. The molecule has 2 aromatic carbocycles. The van der Waals surface area contributed by atoms with Gasteiger partial charge in [-0.2, -0.15) is 0 Å². The molecule has 0 aliphatic rings. The topological polar surface area (TPSA) is 61.3 Å². The molecule has 0 spiro atoms. The van der Waals surface area contributed by atoms with Crippen LogP contribution in [0.15, 0.2) is 53.1 Å². The fraction of sp³-hybridized carbons (Fsp3) is 0.0625. The second-order valence-electron chi connectivity index (χ2n) is 4.48. The van der Waals surface area contributed by atoms with E-state index in [-0.39, 0.29) is 0 Å². The molecule has 0 bridgehead atoms. The van der Waals surface area contributed by atoms with Crippen LogP contribution in [-0.4, -0.2) is 12.3 Å². The monoisotopic (exact) mass is 300 g/mol. The van der Waals surface area contributed by atoms with E-state index < -0.39 is 0 Å². The van der Waals surface area contributed by atoms with E-state index in [2.05, 4.69) is 5.16 Å². The first-order valence-electron chi connectivity index (χ1n) is 6.35. The third-order valence-electron chi connectivity index (χ3n) is 3.18. The van der Waals surface area contributed by atoms with Crippen LogP contribution >= 0.6 is 11.6 Å². The standard InChI is InChI=1S/C16H13ClN2O2/c1-20-13-8-3-2-7-12(13)15-14(16(18)19-21-15)10-5-4-6-11(17)9-10/h2-9H,1H3,(H2,18,19). The molecular formula is C16H13ClN2O2. The van der Waals surface area contributed by atoms with E-state index in [1.807, 2.05) is 42.5 Å². The number of anilines is 1. The molecule has 3 aromatic rings. The van der Waals surface area contributed by atoms with Crippen molar-refractivity contribution in [1.82, 2.24) is 5.16 Å². The predicted octanol–water partition coefficient (Wildman–Crippen LogP) is 4.25. The molecule has 0 radical (unpaired) electrons. The highest BCUT2D eigenvalue weighted by Crippen LogP contribution is 2.40. The summed E-state index contributed by atoms with van der Waals surface area (Å²) in [5.74, 6) is 1.57. The molecule has 106 valence electrons. The number of nitrogens with zero attached hydrogens (tertiary/aromatic N) is 1. The Morgan fingerprint density at radius 1 is 1.14 bits per heavy atom. The van der Waals surface area contributed by atoms with Crippen molar-refractivity contribution in [3.63, 3.8) is 0 Å². The van der Waals surface area contributed by atoms with Crippen molar-refractivity contribution in [3.05, 3.63) is 53.6 Å². The van der Waals surface area contributed by atoms with Gasteiger partial charge in [0.15, 0.2) is 11.6 Å². The smallest absolute Gasteiger partial charge is 0.180 e. The lowest BCUT2D eigenvalue weighted by molar-refractivity contribution is 0.407. The Morgan fingerprint density at radius 3 is 2.71 bits per heavy atom. The fourth-order valence-electron chi connectivity index (χ4n) is 2.24. The van der Waals surface area contributed by atoms with Crippen molar-refractivity contribution >= 4 is 17.4 Å². The van der Waals surface area contributed by atoms with Crippen LogP contribution in [0.2, 0.25) is 5.02 Å². The number of aromatic nitrogens is 1. The lowest BCUT2D eigenvalue weighted by Crippen LogP contribution is -1.90. The molecule has 0 amide bonds. The summed E-state index contributed by atoms with van der Waals surface area (Å²) in [5.41, 5.74) is 8.31. The SMILES string of the molecule is COc1ccccc1-c1onc(N)c1-c1cccc(Cl)c1. The van der Waals surface area contributed by atoms with Gasteiger partial charge in [0.25, 0.3) is 0 Å². The quantitative estimate of drug-likeness (QED) is 0.785. The van der Waals surface area contributed by atoms with Gasteiger partial charge in [-0.1, -0.05) is 41.0 Å². The Labute approximate surface area is 127 Å². The number of ether oxygens (including phenoxy) is 1. The number of halogens is 1. The summed E-state index contributed by atoms with van der Waals surface area (Å²) in [4.78, 5) is 0. The van der Waals surface area contributed by atoms with Gasteiger partial charge in [-0.15, -0.1) is 0 Å². The van der Waals surface area contributed by atoms with Crippen LogP contribution in [0.25, 0.3) is 22.5 Å². The summed E-state index contributed by atoms with van der Waals surface area (Å²) in [5, 5.41) is 4.50. The third-order valence-corrected chi connectivity index (χ3v) is 3.42. The molecule has 2 N–H and O–H groups in total. The Bertz CT molecular complexity index is 783. The van der Waals surface area contributed by atoms with Crippen LogP contribution in [0.3, 0.4) is 0 Å². The highest BCUT2D eigenvalue weighted by Gasteiger charge is 2.20. The molecule has 0 fully saturated rings. The number of benzene rings is 2. The molecule has 0 saturated carbocycles. The predicted molar refractivity (Wildman–Crippen MR) is 83.3 cm³/mol. The van der Waals surface area contributed by atoms with Crippen molar-refractivity contribution in [2.24, 2.45) is 0 Å². The largest absolute Gasteiger partial charge is 0.496 e. The van der Waals surface area contributed by atoms with Crippen molar-refractivity contribution in [2.45, 2.75) is 0 Å². The summed E-state index contributed by atoms with van der Waals surface area (Å²) in [6.45, 7) is 0. The zero-order valence-electron chi connectivity index (χ0n) is 11.3. The van der Waals surface area contributed by atoms with Crippen LogP contribution in [0, 0.1) is 0 Å². The van der Waals surface area contributed by atoms with E-state index in [4.69, 9.17) is 26.6 Å². The third kappa shape index (κ3) is 2.45. The average Bonchev–Trinajstić information content (AvgIpc) is 2.88. The van der Waals surface area contributed by atoms with Gasteiger partial charge >= 0.3 is 0 Å². The maximum absolute atomic E-state index is 6.05. The molecule has 0 aliphatic carbocycles. The van der Waals surface area contributed by atoms with E-state index in [0.717, 1.165) is 11.1 Å². The summed E-state index contributed by atoms with van der Waals surface area (Å²) in [7, 11) is 1.61. The van der Waals surface area contributed by atoms with Crippen LogP contribution in [-0.2, 0) is 0 Å². The van der Waals surface area contributed by atoms with Crippen molar-refractivity contribution in [3.8, 4) is 28.2 Å². The molecule has 0 aliphatic heterocycles. The number of rotatable bonds is 3. The van der Waals surface area contributed by atoms with Gasteiger partial charge in [-0.05, 0) is 29.8 Å². The second kappa shape index (κ2) is 5.50. The Kier molecular flexibility index (Phi) is 3.54. The fourth-order valence-corrected chi connectivity index (χ4v) is 2.43. The Hall–Kier alpha value is -2.46.